The lowest BCUT2D eigenvalue weighted by molar-refractivity contribution is -0.140. The van der Waals surface area contributed by atoms with Gasteiger partial charge in [0, 0.05) is 54.7 Å². The number of aliphatic hydroxyl groups excluding tert-OH is 1. The summed E-state index contributed by atoms with van der Waals surface area (Å²) < 4.78 is 75.9. The minimum absolute atomic E-state index is 0. The number of anilines is 2. The van der Waals surface area contributed by atoms with E-state index in [1.165, 1.54) is 4.90 Å². The van der Waals surface area contributed by atoms with Gasteiger partial charge in [0.2, 0.25) is 49.0 Å². The number of ether oxygens (including phenoxy) is 3. The van der Waals surface area contributed by atoms with E-state index in [1.54, 1.807) is 33.0 Å². The molecular formula is C79H105ClN12O14S2. The van der Waals surface area contributed by atoms with Crippen LogP contribution in [0.3, 0.4) is 0 Å². The highest BCUT2D eigenvalue weighted by Crippen LogP contribution is 2.50. The Morgan fingerprint density at radius 3 is 1.46 bits per heavy atom. The van der Waals surface area contributed by atoms with Crippen molar-refractivity contribution in [2.45, 2.75) is 234 Å². The molecule has 7 N–H and O–H groups in total. The fourth-order valence-electron chi connectivity index (χ4n) is 15.0. The maximum atomic E-state index is 14.6. The lowest BCUT2D eigenvalue weighted by atomic mass is 10.0. The zero-order chi connectivity index (χ0) is 76.4. The molecule has 108 heavy (non-hydrogen) atoms. The minimum atomic E-state index is -3.95. The molecule has 6 fully saturated rings. The molecule has 2 saturated heterocycles. The molecule has 6 aromatic rings. The van der Waals surface area contributed by atoms with Gasteiger partial charge in [-0.15, -0.1) is 0 Å². The molecule has 0 radical (unpaired) electrons. The minimum Gasteiger partial charge on any atom is -0.494 e. The van der Waals surface area contributed by atoms with E-state index in [2.05, 4.69) is 49.5 Å². The first kappa shape index (κ1) is 80.3. The Hall–Kier alpha value is -8.73. The number of amides is 6. The predicted molar refractivity (Wildman–Crippen MR) is 415 cm³/mol. The number of rotatable bonds is 16. The van der Waals surface area contributed by atoms with E-state index in [9.17, 15) is 50.7 Å². The van der Waals surface area contributed by atoms with Crippen LogP contribution in [0.1, 0.15) is 177 Å². The zero-order valence-corrected chi connectivity index (χ0v) is 64.5. The molecule has 14 rings (SSSR count). The normalized spacial score (nSPS) is 27.3. The van der Waals surface area contributed by atoms with Gasteiger partial charge in [-0.05, 0) is 179 Å². The standard InChI is InChI=1S/C39H50N6O7S.C28H38N4O6S.C11H13ClN2O.CH4/c1-25(2)45-30-18-13-19-32(51-4)33(30)41-37(45)52-28-22-31-34(46)42-39(36(48)43-53(49,50)38(3)20-21-38)23-26(39)14-9-6-5-7-12-17-29(35(47)44(31)24-28)40-27-15-10-8-11-16-27;1-27(14-15-27)39(37,38)31-26(36)28-17-19(28)10-6-3-2-4-9-13-22(29-20-11-7-5-8-12-20)25(35)32-18-21(33)16-23(32)24(34)30-28;1-7(2)14-8-5-4-6-9(15-3)10(8)13-11(14)12;/h8-11,13-16,18-19,25-26,28-29,31,40H,5-7,12,17,20-24H2,1-4H3,(H,42,46)(H,43,48);5-8,10-12,19,21-23,29,33H,2-4,9,13-18H2,1H3,(H,30,34)(H,31,36);4-7H,1-3H3;1H4/b14-9-;10-6-;;/t26-,28-,29+,31+,39-;19-,21-,22+,23+,28-;;/m11../s1. The summed E-state index contributed by atoms with van der Waals surface area (Å²) in [6, 6.07) is 27.9. The van der Waals surface area contributed by atoms with Crippen LogP contribution in [-0.4, -0.2) is 171 Å². The van der Waals surface area contributed by atoms with Crippen LogP contribution >= 0.6 is 11.6 Å². The first-order chi connectivity index (χ1) is 51.0. The number of carbonyl (C=O) groups excluding carboxylic acids is 6. The molecule has 29 heteroatoms. The van der Waals surface area contributed by atoms with Gasteiger partial charge < -0.3 is 55.0 Å². The third-order valence-electron chi connectivity index (χ3n) is 22.2. The zero-order valence-electron chi connectivity index (χ0n) is 62.1. The fraction of sp³-hybridized carbons (Fsp3) is 0.544. The summed E-state index contributed by atoms with van der Waals surface area (Å²) in [5, 5.41) is 23.5. The molecule has 4 aromatic carbocycles. The molecule has 0 bridgehead atoms. The molecule has 0 spiro atoms. The SMILES string of the molecule is C.CC1(S(=O)(=O)NC(=O)[C@@]23C[C@H]2/C=C\CCCCC[C@H](Nc2ccccc2)C(=O)N2C[C@H](O)C[C@H]2C(=O)N3)CC1.COc1cccc2c1nc(Cl)n2C(C)C.COc1cccc2c1nc(O[C@@H]1C[C@H]3C(=O)N[C@]4(C(=O)NS(=O)(=O)C5(C)CC5)C[C@H]4/C=C\CCCCC[C@H](Nc4ccccc4)C(=O)N3C1)n2C(C)C. The number of sulfonamides is 2. The number of hydrogen-bond donors (Lipinski definition) is 7. The summed E-state index contributed by atoms with van der Waals surface area (Å²) in [4.78, 5) is 95.9. The average molecular weight is 1550 g/mol. The van der Waals surface area contributed by atoms with Crippen LogP contribution in [-0.2, 0) is 48.8 Å². The van der Waals surface area contributed by atoms with E-state index < -0.39 is 101 Å². The number of halogens is 1. The van der Waals surface area contributed by atoms with E-state index in [0.717, 1.165) is 85.0 Å². The van der Waals surface area contributed by atoms with Crippen molar-refractivity contribution in [3.8, 4) is 17.5 Å². The molecular weight excluding hydrogens is 1440 g/mol. The number of aliphatic hydroxyl groups is 1. The van der Waals surface area contributed by atoms with Gasteiger partial charge in [0.05, 0.1) is 47.4 Å². The Morgan fingerprint density at radius 2 is 1.02 bits per heavy atom. The van der Waals surface area contributed by atoms with Crippen molar-refractivity contribution < 1.29 is 64.9 Å². The highest BCUT2D eigenvalue weighted by atomic mass is 35.5. The van der Waals surface area contributed by atoms with Crippen LogP contribution < -0.4 is 44.9 Å². The molecule has 4 saturated carbocycles. The van der Waals surface area contributed by atoms with Crippen LogP contribution in [0.5, 0.6) is 17.5 Å². The van der Waals surface area contributed by atoms with Gasteiger partial charge in [-0.1, -0.05) is 106 Å². The molecule has 10 atom stereocenters. The van der Waals surface area contributed by atoms with Crippen LogP contribution in [0.2, 0.25) is 5.28 Å². The van der Waals surface area contributed by atoms with Gasteiger partial charge in [-0.2, -0.15) is 4.98 Å². The topological polar surface area (TPSA) is 333 Å². The highest BCUT2D eigenvalue weighted by molar-refractivity contribution is 7.92. The van der Waals surface area contributed by atoms with Crippen molar-refractivity contribution in [1.29, 1.82) is 0 Å². The smallest absolute Gasteiger partial charge is 0.298 e. The molecule has 584 valence electrons. The van der Waals surface area contributed by atoms with E-state index in [4.69, 9.17) is 30.8 Å². The lowest BCUT2D eigenvalue weighted by Gasteiger charge is -2.30. The Balaban J connectivity index is 0.000000184. The number of nitrogens with one attached hydrogen (secondary N) is 6. The summed E-state index contributed by atoms with van der Waals surface area (Å²) >= 11 is 6.09. The number of benzene rings is 4. The summed E-state index contributed by atoms with van der Waals surface area (Å²) in [6.45, 7) is 11.5. The van der Waals surface area contributed by atoms with Crippen LogP contribution in [0.25, 0.3) is 22.1 Å². The first-order valence-corrected chi connectivity index (χ1v) is 40.8. The first-order valence-electron chi connectivity index (χ1n) is 37.5. The van der Waals surface area contributed by atoms with Crippen molar-refractivity contribution in [3.05, 3.63) is 127 Å². The van der Waals surface area contributed by atoms with E-state index >= 15 is 0 Å². The summed E-state index contributed by atoms with van der Waals surface area (Å²) in [7, 11) is -4.62. The van der Waals surface area contributed by atoms with E-state index in [-0.39, 0.29) is 81.9 Å². The van der Waals surface area contributed by atoms with Crippen molar-refractivity contribution in [2.75, 3.05) is 37.9 Å². The Kier molecular flexibility index (Phi) is 24.4. The monoisotopic (exact) mass is 1540 g/mol. The number of methoxy groups -OCH3 is 2. The third kappa shape index (κ3) is 17.2. The largest absolute Gasteiger partial charge is 0.494 e. The number of allylic oxidation sites excluding steroid dienone is 2. The Bertz CT molecular complexity index is 4580. The molecule has 4 aliphatic heterocycles. The number of carbonyl (C=O) groups is 6. The summed E-state index contributed by atoms with van der Waals surface area (Å²) in [5.74, 6) is -2.49. The average Bonchev–Trinajstić information content (AvgIpc) is 1.57. The Morgan fingerprint density at radius 1 is 0.583 bits per heavy atom. The number of hydrogen-bond acceptors (Lipinski definition) is 18. The van der Waals surface area contributed by atoms with Gasteiger partial charge in [0.25, 0.3) is 17.8 Å². The fourth-order valence-corrected chi connectivity index (χ4v) is 18.0. The second kappa shape index (κ2) is 32.8. The lowest BCUT2D eigenvalue weighted by Crippen LogP contribution is -2.58. The van der Waals surface area contributed by atoms with Crippen LogP contribution in [0.15, 0.2) is 121 Å². The quantitative estimate of drug-likeness (QED) is 0.0443. The molecule has 4 aliphatic carbocycles. The van der Waals surface area contributed by atoms with Crippen molar-refractivity contribution in [2.24, 2.45) is 11.8 Å². The van der Waals surface area contributed by atoms with Crippen molar-refractivity contribution >= 4 is 101 Å². The second-order valence-corrected chi connectivity index (χ2v) is 35.5. The highest BCUT2D eigenvalue weighted by Gasteiger charge is 2.65. The maximum Gasteiger partial charge on any atom is 0.298 e. The number of fused-ring (bicyclic) bond motifs is 6. The van der Waals surface area contributed by atoms with Crippen molar-refractivity contribution in [3.63, 3.8) is 0 Å². The number of para-hydroxylation sites is 4. The number of nitrogens with zero attached hydrogens (tertiary/aromatic N) is 6. The van der Waals surface area contributed by atoms with Crippen molar-refractivity contribution in [1.82, 2.24) is 49.0 Å². The molecule has 26 nitrogen and oxygen atoms in total. The number of imidazole rings is 2. The Labute approximate surface area is 638 Å². The summed E-state index contributed by atoms with van der Waals surface area (Å²) in [6.07, 6.45) is 16.8. The molecule has 2 aromatic heterocycles. The van der Waals surface area contributed by atoms with Gasteiger partial charge >= 0.3 is 0 Å². The molecule has 6 heterocycles. The maximum absolute atomic E-state index is 14.6. The van der Waals surface area contributed by atoms with Gasteiger partial charge in [0.1, 0.15) is 63.9 Å². The molecule has 6 amide bonds. The third-order valence-corrected chi connectivity index (χ3v) is 26.8. The second-order valence-electron chi connectivity index (χ2n) is 30.8. The molecule has 8 aliphatic rings. The van der Waals surface area contributed by atoms with E-state index in [0.29, 0.717) is 61.1 Å². The van der Waals surface area contributed by atoms with Gasteiger partial charge in [-0.3, -0.25) is 42.8 Å². The van der Waals surface area contributed by atoms with Crippen LogP contribution in [0.4, 0.5) is 11.4 Å². The molecule has 0 unspecified atom stereocenters. The van der Waals surface area contributed by atoms with Gasteiger partial charge in [-0.25, -0.2) is 21.8 Å². The van der Waals surface area contributed by atoms with E-state index in [1.807, 2.05) is 144 Å². The predicted octanol–water partition coefficient (Wildman–Crippen LogP) is 10.6. The number of aromatic nitrogens is 4. The van der Waals surface area contributed by atoms with Gasteiger partial charge in [0.15, 0.2) is 0 Å². The van der Waals surface area contributed by atoms with Crippen LogP contribution in [0, 0.1) is 11.8 Å². The summed E-state index contributed by atoms with van der Waals surface area (Å²) in [5.41, 5.74) is 2.02.